The molecule has 2 atom stereocenters. The maximum atomic E-state index is 13.5. The molecular formula is C33H41N5O7. The molecule has 45 heavy (non-hydrogen) atoms. The fraction of sp³-hybridized carbons (Fsp3) is 0.455. The number of rotatable bonds is 7. The van der Waals surface area contributed by atoms with Crippen LogP contribution < -0.4 is 14.8 Å². The number of carbonyl (C=O) groups is 3. The number of hydrogen-bond acceptors (Lipinski definition) is 8. The molecule has 3 aromatic rings. The Bertz CT molecular complexity index is 1450. The molecule has 240 valence electrons. The lowest BCUT2D eigenvalue weighted by Gasteiger charge is -2.39. The van der Waals surface area contributed by atoms with Crippen molar-refractivity contribution in [1.82, 2.24) is 24.7 Å². The zero-order valence-corrected chi connectivity index (χ0v) is 25.9. The molecule has 0 radical (unpaired) electrons. The van der Waals surface area contributed by atoms with Crippen LogP contribution in [0, 0.1) is 0 Å². The quantitative estimate of drug-likeness (QED) is 0.401. The molecule has 1 saturated heterocycles. The van der Waals surface area contributed by atoms with Crippen LogP contribution in [-0.4, -0.2) is 96.2 Å². The summed E-state index contributed by atoms with van der Waals surface area (Å²) in [6.45, 7) is 1.97. The van der Waals surface area contributed by atoms with E-state index in [0.29, 0.717) is 62.8 Å². The highest BCUT2D eigenvalue weighted by Gasteiger charge is 2.34. The van der Waals surface area contributed by atoms with E-state index in [-0.39, 0.29) is 49.9 Å². The van der Waals surface area contributed by atoms with Crippen LogP contribution in [0.2, 0.25) is 0 Å². The van der Waals surface area contributed by atoms with Gasteiger partial charge < -0.3 is 38.6 Å². The van der Waals surface area contributed by atoms with E-state index in [1.807, 2.05) is 42.5 Å². The van der Waals surface area contributed by atoms with Crippen LogP contribution in [0.25, 0.3) is 0 Å². The third kappa shape index (κ3) is 8.83. The predicted octanol–water partition coefficient (Wildman–Crippen LogP) is 2.80. The summed E-state index contributed by atoms with van der Waals surface area (Å²) in [7, 11) is 3.19. The van der Waals surface area contributed by atoms with Crippen LogP contribution in [0.5, 0.6) is 17.2 Å². The van der Waals surface area contributed by atoms with Crippen molar-refractivity contribution in [3.63, 3.8) is 0 Å². The fourth-order valence-electron chi connectivity index (χ4n) is 5.64. The standard InChI is InChI=1S/C33H41N5O7/c1-42-16-4-13-37-20-31(39)35-27-19-38(33(41)21-36-15-12-34-23-36)14-11-28(27)44-22-25-5-3-6-26(17-25)45-29-9-7-24(8-10-32(37)40)18-30(29)43-2/h3,5-7,9,12,15,17-18,23,27-28H,4,8,10-11,13-14,16,19-22H2,1-2H3,(H,35,39)/t27-,28+/m0/s1. The third-order valence-corrected chi connectivity index (χ3v) is 8.04. The van der Waals surface area contributed by atoms with Gasteiger partial charge in [-0.15, -0.1) is 0 Å². The summed E-state index contributed by atoms with van der Waals surface area (Å²) in [6.07, 6.45) is 6.46. The number of aromatic nitrogens is 2. The van der Waals surface area contributed by atoms with E-state index in [4.69, 9.17) is 18.9 Å². The van der Waals surface area contributed by atoms with Crippen molar-refractivity contribution >= 4 is 17.7 Å². The van der Waals surface area contributed by atoms with Gasteiger partial charge in [0.2, 0.25) is 17.7 Å². The Morgan fingerprint density at radius 1 is 1.11 bits per heavy atom. The van der Waals surface area contributed by atoms with Crippen molar-refractivity contribution in [3.05, 3.63) is 72.3 Å². The molecule has 3 aliphatic rings. The van der Waals surface area contributed by atoms with E-state index in [9.17, 15) is 14.4 Å². The number of benzene rings is 2. The third-order valence-electron chi connectivity index (χ3n) is 8.04. The molecule has 1 N–H and O–H groups in total. The average molecular weight is 620 g/mol. The number of likely N-dealkylation sites (tertiary alicyclic amines) is 1. The number of hydrogen-bond donors (Lipinski definition) is 1. The van der Waals surface area contributed by atoms with Gasteiger partial charge in [0, 0.05) is 52.2 Å². The first-order valence-corrected chi connectivity index (χ1v) is 15.3. The molecule has 12 heteroatoms. The number of aryl methyl sites for hydroxylation is 1. The van der Waals surface area contributed by atoms with Crippen molar-refractivity contribution < 1.29 is 33.3 Å². The highest BCUT2D eigenvalue weighted by Crippen LogP contribution is 2.33. The minimum atomic E-state index is -0.463. The van der Waals surface area contributed by atoms with E-state index in [0.717, 1.165) is 11.1 Å². The van der Waals surface area contributed by atoms with Gasteiger partial charge in [-0.05, 0) is 54.7 Å². The van der Waals surface area contributed by atoms with E-state index < -0.39 is 6.04 Å². The lowest BCUT2D eigenvalue weighted by Crippen LogP contribution is -2.58. The smallest absolute Gasteiger partial charge is 0.242 e. The Morgan fingerprint density at radius 2 is 2.00 bits per heavy atom. The minimum Gasteiger partial charge on any atom is -0.493 e. The lowest BCUT2D eigenvalue weighted by molar-refractivity contribution is -0.139. The van der Waals surface area contributed by atoms with Gasteiger partial charge in [-0.3, -0.25) is 14.4 Å². The van der Waals surface area contributed by atoms with Gasteiger partial charge in [-0.1, -0.05) is 18.2 Å². The number of piperidine rings is 1. The molecule has 0 unspecified atom stereocenters. The average Bonchev–Trinajstić information content (AvgIpc) is 3.56. The number of carbonyl (C=O) groups excluding carboxylic acids is 3. The molecule has 0 spiro atoms. The summed E-state index contributed by atoms with van der Waals surface area (Å²) in [5.41, 5.74) is 1.82. The molecule has 6 rings (SSSR count). The molecule has 0 saturated carbocycles. The maximum absolute atomic E-state index is 13.5. The number of nitrogens with one attached hydrogen (secondary N) is 1. The monoisotopic (exact) mass is 619 g/mol. The van der Waals surface area contributed by atoms with E-state index in [1.54, 1.807) is 47.3 Å². The van der Waals surface area contributed by atoms with Crippen LogP contribution in [0.1, 0.15) is 30.4 Å². The summed E-state index contributed by atoms with van der Waals surface area (Å²) in [6, 6.07) is 12.8. The minimum absolute atomic E-state index is 0.0697. The Balaban J connectivity index is 1.39. The number of imidazole rings is 1. The highest BCUT2D eigenvalue weighted by atomic mass is 16.5. The summed E-state index contributed by atoms with van der Waals surface area (Å²) < 4.78 is 25.1. The van der Waals surface area contributed by atoms with Gasteiger partial charge in [-0.25, -0.2) is 4.98 Å². The lowest BCUT2D eigenvalue weighted by atomic mass is 10.0. The molecule has 3 aliphatic heterocycles. The number of amides is 3. The van der Waals surface area contributed by atoms with Gasteiger partial charge in [-0.2, -0.15) is 0 Å². The number of nitrogens with zero attached hydrogens (tertiary/aromatic N) is 4. The van der Waals surface area contributed by atoms with E-state index in [2.05, 4.69) is 10.3 Å². The summed E-state index contributed by atoms with van der Waals surface area (Å²) in [5.74, 6) is 1.25. The van der Waals surface area contributed by atoms with Crippen molar-refractivity contribution in [1.29, 1.82) is 0 Å². The Kier molecular flexibility index (Phi) is 11.0. The normalized spacial score (nSPS) is 19.5. The molecule has 1 aromatic heterocycles. The van der Waals surface area contributed by atoms with Crippen LogP contribution in [0.3, 0.4) is 0 Å². The van der Waals surface area contributed by atoms with Crippen LogP contribution in [-0.2, 0) is 43.4 Å². The SMILES string of the molecule is COCCCN1CC(=O)N[C@H]2CN(C(=O)Cn3ccnc3)CC[C@H]2OCc2cccc(c2)Oc2ccc(cc2OC)CCC1=O. The zero-order chi connectivity index (χ0) is 31.6. The molecule has 4 bridgehead atoms. The van der Waals surface area contributed by atoms with Crippen LogP contribution in [0.4, 0.5) is 0 Å². The van der Waals surface area contributed by atoms with E-state index >= 15 is 0 Å². The van der Waals surface area contributed by atoms with Gasteiger partial charge in [0.15, 0.2) is 11.5 Å². The molecule has 1 fully saturated rings. The first-order valence-electron chi connectivity index (χ1n) is 15.3. The van der Waals surface area contributed by atoms with Crippen LogP contribution >= 0.6 is 0 Å². The zero-order valence-electron chi connectivity index (χ0n) is 25.9. The van der Waals surface area contributed by atoms with Crippen LogP contribution in [0.15, 0.2) is 61.2 Å². The predicted molar refractivity (Wildman–Crippen MR) is 165 cm³/mol. The molecule has 3 amide bonds. The second kappa shape index (κ2) is 15.5. The second-order valence-corrected chi connectivity index (χ2v) is 11.3. The van der Waals surface area contributed by atoms with E-state index in [1.165, 1.54) is 0 Å². The molecule has 4 heterocycles. The number of ether oxygens (including phenoxy) is 4. The molecule has 2 aromatic carbocycles. The highest BCUT2D eigenvalue weighted by molar-refractivity contribution is 5.85. The molecule has 12 nitrogen and oxygen atoms in total. The maximum Gasteiger partial charge on any atom is 0.242 e. The van der Waals surface area contributed by atoms with Crippen molar-refractivity contribution in [2.75, 3.05) is 47.0 Å². The summed E-state index contributed by atoms with van der Waals surface area (Å²) in [5, 5.41) is 3.09. The second-order valence-electron chi connectivity index (χ2n) is 11.3. The van der Waals surface area contributed by atoms with Crippen molar-refractivity contribution in [2.45, 2.75) is 51.0 Å². The van der Waals surface area contributed by atoms with Gasteiger partial charge >= 0.3 is 0 Å². The van der Waals surface area contributed by atoms with Crippen molar-refractivity contribution in [2.24, 2.45) is 0 Å². The van der Waals surface area contributed by atoms with Gasteiger partial charge in [0.1, 0.15) is 12.3 Å². The first kappa shape index (κ1) is 32.0. The van der Waals surface area contributed by atoms with Gasteiger partial charge in [0.05, 0.1) is 38.7 Å². The Labute approximate surface area is 263 Å². The molecule has 0 aliphatic carbocycles. The fourth-order valence-corrected chi connectivity index (χ4v) is 5.64. The van der Waals surface area contributed by atoms with Crippen molar-refractivity contribution in [3.8, 4) is 17.2 Å². The Morgan fingerprint density at radius 3 is 2.80 bits per heavy atom. The number of methoxy groups -OCH3 is 2. The topological polar surface area (TPSA) is 124 Å². The Hall–Kier alpha value is -4.42. The first-order chi connectivity index (χ1) is 21.9. The number of fused-ring (bicyclic) bond motifs is 9. The van der Waals surface area contributed by atoms with Gasteiger partial charge in [0.25, 0.3) is 0 Å². The largest absolute Gasteiger partial charge is 0.493 e. The molecular weight excluding hydrogens is 578 g/mol. The summed E-state index contributed by atoms with van der Waals surface area (Å²) >= 11 is 0. The summed E-state index contributed by atoms with van der Waals surface area (Å²) in [4.78, 5) is 47.3.